The van der Waals surface area contributed by atoms with Crippen LogP contribution in [0.1, 0.15) is 24.3 Å². The maximum atomic E-state index is 13.4. The van der Waals surface area contributed by atoms with Crippen molar-refractivity contribution in [3.8, 4) is 11.1 Å². The van der Waals surface area contributed by atoms with E-state index in [0.717, 1.165) is 11.1 Å². The van der Waals surface area contributed by atoms with E-state index in [4.69, 9.17) is 17.3 Å². The SMILES string of the molecule is Nc1nc2c(-c3ccc(F)c(Cl)c3)cc(C3CC3)cn2n1. The Kier molecular flexibility index (Phi) is 2.65. The molecule has 4 rings (SSSR count). The fraction of sp³-hybridized carbons (Fsp3) is 0.200. The van der Waals surface area contributed by atoms with Crippen molar-refractivity contribution in [2.45, 2.75) is 18.8 Å². The van der Waals surface area contributed by atoms with Gasteiger partial charge in [0.25, 0.3) is 0 Å². The van der Waals surface area contributed by atoms with Gasteiger partial charge in [-0.2, -0.15) is 4.98 Å². The molecule has 1 aliphatic rings. The molecular weight excluding hydrogens is 291 g/mol. The molecule has 1 fully saturated rings. The van der Waals surface area contributed by atoms with Gasteiger partial charge in [0.15, 0.2) is 5.65 Å². The van der Waals surface area contributed by atoms with Gasteiger partial charge in [-0.3, -0.25) is 0 Å². The number of nitrogens with zero attached hydrogens (tertiary/aromatic N) is 3. The Balaban J connectivity index is 1.98. The molecule has 2 N–H and O–H groups in total. The fourth-order valence-corrected chi connectivity index (χ4v) is 2.72. The van der Waals surface area contributed by atoms with Crippen LogP contribution in [-0.2, 0) is 0 Å². The van der Waals surface area contributed by atoms with E-state index in [2.05, 4.69) is 16.1 Å². The molecule has 1 aliphatic carbocycles. The number of rotatable bonds is 2. The highest BCUT2D eigenvalue weighted by atomic mass is 35.5. The number of hydrogen-bond acceptors (Lipinski definition) is 3. The highest BCUT2D eigenvalue weighted by Gasteiger charge is 2.25. The van der Waals surface area contributed by atoms with Crippen LogP contribution in [0.2, 0.25) is 5.02 Å². The van der Waals surface area contributed by atoms with Gasteiger partial charge in [0.2, 0.25) is 5.95 Å². The minimum absolute atomic E-state index is 0.0926. The molecule has 0 radical (unpaired) electrons. The molecule has 0 aliphatic heterocycles. The zero-order valence-electron chi connectivity index (χ0n) is 11.1. The molecule has 106 valence electrons. The average molecular weight is 303 g/mol. The molecule has 0 spiro atoms. The highest BCUT2D eigenvalue weighted by Crippen LogP contribution is 2.42. The summed E-state index contributed by atoms with van der Waals surface area (Å²) in [6.07, 6.45) is 4.32. The molecular formula is C15H12ClFN4. The average Bonchev–Trinajstić information content (AvgIpc) is 3.22. The van der Waals surface area contributed by atoms with Gasteiger partial charge in [-0.1, -0.05) is 17.7 Å². The van der Waals surface area contributed by atoms with E-state index in [0.29, 0.717) is 11.6 Å². The van der Waals surface area contributed by atoms with Crippen LogP contribution in [0.5, 0.6) is 0 Å². The molecule has 1 aromatic carbocycles. The largest absolute Gasteiger partial charge is 0.366 e. The van der Waals surface area contributed by atoms with Crippen molar-refractivity contribution < 1.29 is 4.39 Å². The van der Waals surface area contributed by atoms with E-state index in [1.807, 2.05) is 6.20 Å². The van der Waals surface area contributed by atoms with E-state index >= 15 is 0 Å². The van der Waals surface area contributed by atoms with E-state index in [9.17, 15) is 4.39 Å². The number of halogens is 2. The summed E-state index contributed by atoms with van der Waals surface area (Å²) < 4.78 is 15.1. The standard InChI is InChI=1S/C15H12ClFN4/c16-12-6-9(3-4-13(12)17)11-5-10(8-1-2-8)7-21-14(11)19-15(18)20-21/h3-8H,1-2H2,(H2,18,20). The lowest BCUT2D eigenvalue weighted by molar-refractivity contribution is 0.628. The molecule has 0 unspecified atom stereocenters. The summed E-state index contributed by atoms with van der Waals surface area (Å²) in [5.74, 6) is 0.350. The molecule has 0 saturated heterocycles. The first kappa shape index (κ1) is 12.6. The summed E-state index contributed by atoms with van der Waals surface area (Å²) in [6.45, 7) is 0. The van der Waals surface area contributed by atoms with Gasteiger partial charge in [0.1, 0.15) is 5.82 Å². The Morgan fingerprint density at radius 2 is 2.10 bits per heavy atom. The third-order valence-electron chi connectivity index (χ3n) is 3.75. The van der Waals surface area contributed by atoms with Crippen LogP contribution in [0.4, 0.5) is 10.3 Å². The lowest BCUT2D eigenvalue weighted by atomic mass is 10.0. The smallest absolute Gasteiger partial charge is 0.240 e. The number of benzene rings is 1. The highest BCUT2D eigenvalue weighted by molar-refractivity contribution is 6.31. The van der Waals surface area contributed by atoms with Crippen molar-refractivity contribution in [3.05, 3.63) is 46.9 Å². The lowest BCUT2D eigenvalue weighted by Crippen LogP contribution is -1.95. The number of nitrogens with two attached hydrogens (primary N) is 1. The Labute approximate surface area is 125 Å². The van der Waals surface area contributed by atoms with Crippen molar-refractivity contribution in [3.63, 3.8) is 0 Å². The van der Waals surface area contributed by atoms with Gasteiger partial charge in [0.05, 0.1) is 5.02 Å². The third kappa shape index (κ3) is 2.14. The number of hydrogen-bond donors (Lipinski definition) is 1. The zero-order valence-corrected chi connectivity index (χ0v) is 11.8. The summed E-state index contributed by atoms with van der Waals surface area (Å²) in [6, 6.07) is 6.73. The van der Waals surface area contributed by atoms with Crippen LogP contribution in [-0.4, -0.2) is 14.6 Å². The number of anilines is 1. The second-order valence-corrected chi connectivity index (χ2v) is 5.74. The minimum Gasteiger partial charge on any atom is -0.366 e. The molecule has 21 heavy (non-hydrogen) atoms. The topological polar surface area (TPSA) is 56.2 Å². The number of aromatic nitrogens is 3. The van der Waals surface area contributed by atoms with Crippen LogP contribution in [0.25, 0.3) is 16.8 Å². The Morgan fingerprint density at radius 1 is 1.29 bits per heavy atom. The van der Waals surface area contributed by atoms with Crippen LogP contribution in [0.3, 0.4) is 0 Å². The van der Waals surface area contributed by atoms with Gasteiger partial charge in [-0.25, -0.2) is 8.91 Å². The van der Waals surface area contributed by atoms with Gasteiger partial charge in [-0.05, 0) is 48.1 Å². The molecule has 4 nitrogen and oxygen atoms in total. The molecule has 3 aromatic rings. The van der Waals surface area contributed by atoms with Gasteiger partial charge in [-0.15, -0.1) is 5.10 Å². The molecule has 0 bridgehead atoms. The minimum atomic E-state index is -0.434. The summed E-state index contributed by atoms with van der Waals surface area (Å²) in [4.78, 5) is 4.26. The molecule has 2 heterocycles. The van der Waals surface area contributed by atoms with Crippen molar-refractivity contribution >= 4 is 23.2 Å². The predicted octanol–water partition coefficient (Wildman–Crippen LogP) is 3.65. The summed E-state index contributed by atoms with van der Waals surface area (Å²) in [7, 11) is 0. The number of nitrogen functional groups attached to an aromatic ring is 1. The molecule has 2 aromatic heterocycles. The summed E-state index contributed by atoms with van der Waals surface area (Å²) >= 11 is 5.89. The zero-order chi connectivity index (χ0) is 14.6. The maximum absolute atomic E-state index is 13.4. The van der Waals surface area contributed by atoms with Crippen molar-refractivity contribution in [1.29, 1.82) is 0 Å². The van der Waals surface area contributed by atoms with Crippen molar-refractivity contribution in [2.75, 3.05) is 5.73 Å². The first-order valence-corrected chi connectivity index (χ1v) is 7.11. The summed E-state index contributed by atoms with van der Waals surface area (Å²) in [5, 5.41) is 4.28. The van der Waals surface area contributed by atoms with Crippen LogP contribution < -0.4 is 5.73 Å². The molecule has 6 heteroatoms. The summed E-state index contributed by atoms with van der Waals surface area (Å²) in [5.41, 5.74) is 9.23. The fourth-order valence-electron chi connectivity index (χ4n) is 2.54. The van der Waals surface area contributed by atoms with Crippen LogP contribution in [0.15, 0.2) is 30.5 Å². The first-order valence-electron chi connectivity index (χ1n) is 6.73. The second-order valence-electron chi connectivity index (χ2n) is 5.33. The lowest BCUT2D eigenvalue weighted by Gasteiger charge is -2.07. The van der Waals surface area contributed by atoms with Crippen molar-refractivity contribution in [1.82, 2.24) is 14.6 Å². The quantitative estimate of drug-likeness (QED) is 0.786. The molecule has 1 saturated carbocycles. The van der Waals surface area contributed by atoms with Crippen LogP contribution in [0, 0.1) is 5.82 Å². The Bertz CT molecular complexity index is 854. The molecule has 0 amide bonds. The van der Waals surface area contributed by atoms with E-state index in [-0.39, 0.29) is 11.0 Å². The predicted molar refractivity (Wildman–Crippen MR) is 79.8 cm³/mol. The number of fused-ring (bicyclic) bond motifs is 1. The van der Waals surface area contributed by atoms with E-state index in [1.165, 1.54) is 24.5 Å². The van der Waals surface area contributed by atoms with E-state index in [1.54, 1.807) is 16.6 Å². The van der Waals surface area contributed by atoms with E-state index < -0.39 is 5.82 Å². The van der Waals surface area contributed by atoms with Gasteiger partial charge < -0.3 is 5.73 Å². The normalized spacial score (nSPS) is 14.8. The Hall–Kier alpha value is -2.14. The van der Waals surface area contributed by atoms with Crippen molar-refractivity contribution in [2.24, 2.45) is 0 Å². The maximum Gasteiger partial charge on any atom is 0.240 e. The van der Waals surface area contributed by atoms with Gasteiger partial charge >= 0.3 is 0 Å². The first-order chi connectivity index (χ1) is 10.1. The third-order valence-corrected chi connectivity index (χ3v) is 4.04. The second kappa shape index (κ2) is 4.43. The Morgan fingerprint density at radius 3 is 2.81 bits per heavy atom. The van der Waals surface area contributed by atoms with Gasteiger partial charge in [0, 0.05) is 11.8 Å². The molecule has 0 atom stereocenters. The number of pyridine rings is 1. The monoisotopic (exact) mass is 302 g/mol. The van der Waals surface area contributed by atoms with Crippen LogP contribution >= 0.6 is 11.6 Å².